The summed E-state index contributed by atoms with van der Waals surface area (Å²) in [5.74, 6) is 1.08. The molecule has 0 saturated carbocycles. The lowest BCUT2D eigenvalue weighted by molar-refractivity contribution is 0.165. The van der Waals surface area contributed by atoms with Crippen molar-refractivity contribution < 1.29 is 14.1 Å². The average molecular weight is 343 g/mol. The maximum Gasteiger partial charge on any atom is 0.317 e. The highest BCUT2D eigenvalue weighted by atomic mass is 16.5. The summed E-state index contributed by atoms with van der Waals surface area (Å²) in [6, 6.07) is 9.89. The molecule has 1 fully saturated rings. The van der Waals surface area contributed by atoms with Gasteiger partial charge in [0.05, 0.1) is 13.2 Å². The SMILES string of the molecule is CCN(CC1CCOC1)C(=O)NCc1cc(-c2ccc(C)cc2)no1. The number of carbonyl (C=O) groups excluding carboxylic acids is 1. The second-order valence-corrected chi connectivity index (χ2v) is 6.47. The number of benzene rings is 1. The maximum absolute atomic E-state index is 12.4. The summed E-state index contributed by atoms with van der Waals surface area (Å²) in [5, 5.41) is 7.00. The summed E-state index contributed by atoms with van der Waals surface area (Å²) in [6.45, 7) is 7.30. The van der Waals surface area contributed by atoms with E-state index in [1.54, 1.807) is 0 Å². The third-order valence-electron chi connectivity index (χ3n) is 4.49. The zero-order valence-electron chi connectivity index (χ0n) is 14.8. The summed E-state index contributed by atoms with van der Waals surface area (Å²) >= 11 is 0. The maximum atomic E-state index is 12.4. The van der Waals surface area contributed by atoms with Crippen molar-refractivity contribution in [3.8, 4) is 11.3 Å². The number of hydrogen-bond donors (Lipinski definition) is 1. The number of nitrogens with one attached hydrogen (secondary N) is 1. The molecule has 1 unspecified atom stereocenters. The number of aromatic nitrogens is 1. The fourth-order valence-electron chi connectivity index (χ4n) is 2.93. The van der Waals surface area contributed by atoms with Crippen molar-refractivity contribution in [2.24, 2.45) is 5.92 Å². The highest BCUT2D eigenvalue weighted by Gasteiger charge is 2.21. The van der Waals surface area contributed by atoms with Crippen molar-refractivity contribution in [1.29, 1.82) is 0 Å². The van der Waals surface area contributed by atoms with Crippen molar-refractivity contribution in [1.82, 2.24) is 15.4 Å². The number of hydrogen-bond acceptors (Lipinski definition) is 4. The van der Waals surface area contributed by atoms with Gasteiger partial charge in [-0.25, -0.2) is 4.79 Å². The molecule has 2 heterocycles. The van der Waals surface area contributed by atoms with E-state index in [0.29, 0.717) is 24.8 Å². The number of rotatable bonds is 6. The second-order valence-electron chi connectivity index (χ2n) is 6.47. The molecule has 6 heteroatoms. The van der Waals surface area contributed by atoms with Crippen molar-refractivity contribution in [3.05, 3.63) is 41.7 Å². The van der Waals surface area contributed by atoms with Crippen LogP contribution in [0.2, 0.25) is 0 Å². The number of nitrogens with zero attached hydrogens (tertiary/aromatic N) is 2. The molecule has 25 heavy (non-hydrogen) atoms. The predicted octanol–water partition coefficient (Wildman–Crippen LogP) is 3.22. The van der Waals surface area contributed by atoms with Gasteiger partial charge >= 0.3 is 6.03 Å². The minimum absolute atomic E-state index is 0.0808. The van der Waals surface area contributed by atoms with Crippen LogP contribution in [0.1, 0.15) is 24.7 Å². The molecule has 134 valence electrons. The van der Waals surface area contributed by atoms with E-state index in [9.17, 15) is 4.79 Å². The molecule has 0 radical (unpaired) electrons. The van der Waals surface area contributed by atoms with Crippen molar-refractivity contribution in [3.63, 3.8) is 0 Å². The van der Waals surface area contributed by atoms with Crippen molar-refractivity contribution >= 4 is 6.03 Å². The molecule has 1 N–H and O–H groups in total. The normalized spacial score (nSPS) is 16.8. The first-order valence-electron chi connectivity index (χ1n) is 8.79. The van der Waals surface area contributed by atoms with E-state index in [0.717, 1.165) is 37.4 Å². The Bertz CT molecular complexity index is 690. The zero-order valence-corrected chi connectivity index (χ0v) is 14.8. The Kier molecular flexibility index (Phi) is 5.71. The van der Waals surface area contributed by atoms with Crippen LogP contribution >= 0.6 is 0 Å². The van der Waals surface area contributed by atoms with Gasteiger partial charge in [-0.15, -0.1) is 0 Å². The quantitative estimate of drug-likeness (QED) is 0.874. The third kappa shape index (κ3) is 4.60. The van der Waals surface area contributed by atoms with E-state index in [2.05, 4.69) is 10.5 Å². The largest absolute Gasteiger partial charge is 0.381 e. The van der Waals surface area contributed by atoms with Gasteiger partial charge in [-0.3, -0.25) is 0 Å². The van der Waals surface area contributed by atoms with Crippen LogP contribution in [-0.4, -0.2) is 42.4 Å². The van der Waals surface area contributed by atoms with Gasteiger partial charge in [0.2, 0.25) is 0 Å². The summed E-state index contributed by atoms with van der Waals surface area (Å²) in [6.07, 6.45) is 1.02. The minimum Gasteiger partial charge on any atom is -0.381 e. The van der Waals surface area contributed by atoms with Crippen LogP contribution < -0.4 is 5.32 Å². The molecule has 0 aliphatic carbocycles. The Morgan fingerprint density at radius 1 is 1.36 bits per heavy atom. The predicted molar refractivity (Wildman–Crippen MR) is 95.1 cm³/mol. The summed E-state index contributed by atoms with van der Waals surface area (Å²) in [4.78, 5) is 14.2. The molecule has 0 bridgehead atoms. The number of carbonyl (C=O) groups is 1. The Hall–Kier alpha value is -2.34. The molecule has 1 aliphatic heterocycles. The minimum atomic E-state index is -0.0808. The van der Waals surface area contributed by atoms with Crippen molar-refractivity contribution in [2.75, 3.05) is 26.3 Å². The Morgan fingerprint density at radius 3 is 2.84 bits per heavy atom. The number of urea groups is 1. The molecule has 1 aromatic carbocycles. The van der Waals surface area contributed by atoms with Crippen LogP contribution in [-0.2, 0) is 11.3 Å². The standard InChI is InChI=1S/C19H25N3O3/c1-3-22(12-15-8-9-24-13-15)19(23)20-11-17-10-18(21-25-17)16-6-4-14(2)5-7-16/h4-7,10,15H,3,8-9,11-13H2,1-2H3,(H,20,23). The smallest absolute Gasteiger partial charge is 0.317 e. The number of aryl methyl sites for hydroxylation is 1. The monoisotopic (exact) mass is 343 g/mol. The summed E-state index contributed by atoms with van der Waals surface area (Å²) in [7, 11) is 0. The van der Waals surface area contributed by atoms with E-state index in [4.69, 9.17) is 9.26 Å². The Labute approximate surface area is 148 Å². The molecule has 1 saturated heterocycles. The molecule has 3 rings (SSSR count). The van der Waals surface area contributed by atoms with Gasteiger partial charge in [0.15, 0.2) is 5.76 Å². The van der Waals surface area contributed by atoms with E-state index < -0.39 is 0 Å². The molecule has 2 amide bonds. The summed E-state index contributed by atoms with van der Waals surface area (Å²) < 4.78 is 10.7. The highest BCUT2D eigenvalue weighted by molar-refractivity contribution is 5.74. The lowest BCUT2D eigenvalue weighted by Gasteiger charge is -2.23. The lowest BCUT2D eigenvalue weighted by Crippen LogP contribution is -2.42. The summed E-state index contributed by atoms with van der Waals surface area (Å²) in [5.41, 5.74) is 2.98. The first kappa shape index (κ1) is 17.5. The topological polar surface area (TPSA) is 67.6 Å². The molecule has 1 atom stereocenters. The number of ether oxygens (including phenoxy) is 1. The molecule has 2 aromatic rings. The third-order valence-corrected chi connectivity index (χ3v) is 4.49. The molecule has 6 nitrogen and oxygen atoms in total. The van der Waals surface area contributed by atoms with Gasteiger partial charge in [0.1, 0.15) is 5.69 Å². The highest BCUT2D eigenvalue weighted by Crippen LogP contribution is 2.19. The van der Waals surface area contributed by atoms with Crippen LogP contribution in [0.15, 0.2) is 34.9 Å². The molecule has 1 aliphatic rings. The number of amides is 2. The van der Waals surface area contributed by atoms with Crippen LogP contribution in [0, 0.1) is 12.8 Å². The first-order chi connectivity index (χ1) is 12.2. The fraction of sp³-hybridized carbons (Fsp3) is 0.474. The Balaban J connectivity index is 1.53. The second kappa shape index (κ2) is 8.16. The van der Waals surface area contributed by atoms with Crippen LogP contribution in [0.3, 0.4) is 0 Å². The van der Waals surface area contributed by atoms with Gasteiger partial charge in [-0.05, 0) is 20.3 Å². The van der Waals surface area contributed by atoms with Gasteiger partial charge in [0.25, 0.3) is 0 Å². The van der Waals surface area contributed by atoms with Crippen molar-refractivity contribution in [2.45, 2.75) is 26.8 Å². The first-order valence-corrected chi connectivity index (χ1v) is 8.79. The lowest BCUT2D eigenvalue weighted by atomic mass is 10.1. The molecular formula is C19H25N3O3. The Morgan fingerprint density at radius 2 is 2.16 bits per heavy atom. The van der Waals surface area contributed by atoms with Gasteiger partial charge in [-0.2, -0.15) is 0 Å². The van der Waals surface area contributed by atoms with Gasteiger partial charge < -0.3 is 19.5 Å². The van der Waals surface area contributed by atoms with E-state index in [-0.39, 0.29) is 6.03 Å². The van der Waals surface area contributed by atoms with Crippen LogP contribution in [0.4, 0.5) is 4.79 Å². The average Bonchev–Trinajstić information content (AvgIpc) is 3.30. The molecular weight excluding hydrogens is 318 g/mol. The van der Waals surface area contributed by atoms with E-state index >= 15 is 0 Å². The van der Waals surface area contributed by atoms with Crippen LogP contribution in [0.5, 0.6) is 0 Å². The zero-order chi connectivity index (χ0) is 17.6. The van der Waals surface area contributed by atoms with E-state index in [1.807, 2.05) is 49.1 Å². The van der Waals surface area contributed by atoms with E-state index in [1.165, 1.54) is 5.56 Å². The molecule has 1 aromatic heterocycles. The van der Waals surface area contributed by atoms with Gasteiger partial charge in [-0.1, -0.05) is 35.0 Å². The van der Waals surface area contributed by atoms with Gasteiger partial charge in [0, 0.05) is 37.2 Å². The fourth-order valence-corrected chi connectivity index (χ4v) is 2.93. The van der Waals surface area contributed by atoms with Crippen LogP contribution in [0.25, 0.3) is 11.3 Å². The molecule has 0 spiro atoms.